The Labute approximate surface area is 82.9 Å². The minimum absolute atomic E-state index is 0.458. The van der Waals surface area contributed by atoms with E-state index in [1.165, 1.54) is 6.42 Å². The molecule has 0 aliphatic heterocycles. The first-order chi connectivity index (χ1) is 6.13. The van der Waals surface area contributed by atoms with Crippen LogP contribution >= 0.6 is 0 Å². The maximum atomic E-state index is 5.36. The molecule has 0 rings (SSSR count). The molecule has 13 heavy (non-hydrogen) atoms. The highest BCUT2D eigenvalue weighted by molar-refractivity contribution is 5.01. The molecule has 76 valence electrons. The standard InChI is InChI=1S/C12H22O/c1-11(2)7-5-9-13-10-6-8-12(3)4/h11-12H,5,7,9-10H2,1-4H3. The highest BCUT2D eigenvalue weighted by atomic mass is 16.5. The molecule has 0 saturated heterocycles. The average Bonchev–Trinajstić information content (AvgIpc) is 2.01. The number of hydrogen-bond donors (Lipinski definition) is 0. The molecule has 0 spiro atoms. The Kier molecular flexibility index (Phi) is 7.83. The van der Waals surface area contributed by atoms with Crippen molar-refractivity contribution in [3.8, 4) is 11.8 Å². The SMILES string of the molecule is CC(C)C#CCOCCCC(C)C. The van der Waals surface area contributed by atoms with Gasteiger partial charge in [-0.2, -0.15) is 0 Å². The van der Waals surface area contributed by atoms with Gasteiger partial charge in [0.15, 0.2) is 0 Å². The van der Waals surface area contributed by atoms with E-state index >= 15 is 0 Å². The molecule has 0 aromatic carbocycles. The van der Waals surface area contributed by atoms with Crippen LogP contribution in [0.3, 0.4) is 0 Å². The van der Waals surface area contributed by atoms with Gasteiger partial charge in [0.05, 0.1) is 0 Å². The molecule has 0 amide bonds. The lowest BCUT2D eigenvalue weighted by Gasteiger charge is -2.03. The first-order valence-electron chi connectivity index (χ1n) is 5.19. The second-order valence-electron chi connectivity index (χ2n) is 4.06. The second-order valence-corrected chi connectivity index (χ2v) is 4.06. The first kappa shape index (κ1) is 12.5. The summed E-state index contributed by atoms with van der Waals surface area (Å²) in [6, 6.07) is 0. The van der Waals surface area contributed by atoms with Gasteiger partial charge < -0.3 is 4.74 Å². The minimum Gasteiger partial charge on any atom is -0.369 e. The van der Waals surface area contributed by atoms with Crippen molar-refractivity contribution in [3.63, 3.8) is 0 Å². The normalized spacial score (nSPS) is 10.3. The molecule has 0 aliphatic rings. The van der Waals surface area contributed by atoms with Gasteiger partial charge >= 0.3 is 0 Å². The van der Waals surface area contributed by atoms with Gasteiger partial charge in [0.2, 0.25) is 0 Å². The highest BCUT2D eigenvalue weighted by Crippen LogP contribution is 2.02. The maximum absolute atomic E-state index is 5.36. The van der Waals surface area contributed by atoms with E-state index in [0.717, 1.165) is 18.9 Å². The van der Waals surface area contributed by atoms with E-state index in [-0.39, 0.29) is 0 Å². The number of rotatable bonds is 5. The molecular weight excluding hydrogens is 160 g/mol. The third kappa shape index (κ3) is 11.5. The molecule has 0 fully saturated rings. The fourth-order valence-corrected chi connectivity index (χ4v) is 0.963. The summed E-state index contributed by atoms with van der Waals surface area (Å²) in [4.78, 5) is 0. The monoisotopic (exact) mass is 182 g/mol. The van der Waals surface area contributed by atoms with Gasteiger partial charge in [-0.05, 0) is 18.8 Å². The highest BCUT2D eigenvalue weighted by Gasteiger charge is 1.92. The Balaban J connectivity index is 3.14. The van der Waals surface area contributed by atoms with Crippen molar-refractivity contribution < 1.29 is 4.74 Å². The van der Waals surface area contributed by atoms with Crippen LogP contribution in [0.4, 0.5) is 0 Å². The van der Waals surface area contributed by atoms with E-state index in [1.807, 2.05) is 0 Å². The zero-order chi connectivity index (χ0) is 10.1. The molecule has 1 nitrogen and oxygen atoms in total. The van der Waals surface area contributed by atoms with Crippen molar-refractivity contribution in [2.24, 2.45) is 11.8 Å². The van der Waals surface area contributed by atoms with E-state index in [9.17, 15) is 0 Å². The lowest BCUT2D eigenvalue weighted by Crippen LogP contribution is -1.97. The predicted molar refractivity (Wildman–Crippen MR) is 57.5 cm³/mol. The third-order valence-corrected chi connectivity index (χ3v) is 1.64. The van der Waals surface area contributed by atoms with E-state index in [1.54, 1.807) is 0 Å². The van der Waals surface area contributed by atoms with Gasteiger partial charge in [0.1, 0.15) is 6.61 Å². The van der Waals surface area contributed by atoms with Gasteiger partial charge in [-0.3, -0.25) is 0 Å². The smallest absolute Gasteiger partial charge is 0.107 e. The summed E-state index contributed by atoms with van der Waals surface area (Å²) in [5, 5.41) is 0. The first-order valence-corrected chi connectivity index (χ1v) is 5.19. The maximum Gasteiger partial charge on any atom is 0.107 e. The molecule has 0 atom stereocenters. The molecule has 0 saturated carbocycles. The van der Waals surface area contributed by atoms with Crippen LogP contribution in [0.2, 0.25) is 0 Å². The molecule has 0 N–H and O–H groups in total. The Bertz CT molecular complexity index is 160. The van der Waals surface area contributed by atoms with E-state index < -0.39 is 0 Å². The average molecular weight is 182 g/mol. The van der Waals surface area contributed by atoms with Crippen LogP contribution in [0.5, 0.6) is 0 Å². The number of hydrogen-bond acceptors (Lipinski definition) is 1. The van der Waals surface area contributed by atoms with Crippen LogP contribution in [0.15, 0.2) is 0 Å². The zero-order valence-corrected chi connectivity index (χ0v) is 9.39. The van der Waals surface area contributed by atoms with E-state index in [0.29, 0.717) is 12.5 Å². The Morgan fingerprint density at radius 2 is 1.85 bits per heavy atom. The molecule has 0 heterocycles. The van der Waals surface area contributed by atoms with Crippen LogP contribution in [0, 0.1) is 23.7 Å². The fraction of sp³-hybridized carbons (Fsp3) is 0.833. The van der Waals surface area contributed by atoms with Crippen molar-refractivity contribution in [2.75, 3.05) is 13.2 Å². The van der Waals surface area contributed by atoms with Crippen molar-refractivity contribution in [3.05, 3.63) is 0 Å². The molecular formula is C12H22O. The van der Waals surface area contributed by atoms with Crippen molar-refractivity contribution in [1.82, 2.24) is 0 Å². The van der Waals surface area contributed by atoms with Crippen LogP contribution in [-0.4, -0.2) is 13.2 Å². The van der Waals surface area contributed by atoms with Crippen LogP contribution in [0.25, 0.3) is 0 Å². The molecule has 0 aliphatic carbocycles. The largest absolute Gasteiger partial charge is 0.369 e. The third-order valence-electron chi connectivity index (χ3n) is 1.64. The summed E-state index contributed by atoms with van der Waals surface area (Å²) in [6.07, 6.45) is 2.40. The van der Waals surface area contributed by atoms with Crippen LogP contribution < -0.4 is 0 Å². The van der Waals surface area contributed by atoms with Crippen LogP contribution in [0.1, 0.15) is 40.5 Å². The summed E-state index contributed by atoms with van der Waals surface area (Å²) >= 11 is 0. The second kappa shape index (κ2) is 8.13. The summed E-state index contributed by atoms with van der Waals surface area (Å²) in [5.74, 6) is 7.31. The van der Waals surface area contributed by atoms with Gasteiger partial charge in [-0.15, -0.1) is 0 Å². The summed E-state index contributed by atoms with van der Waals surface area (Å²) < 4.78 is 5.36. The lowest BCUT2D eigenvalue weighted by molar-refractivity contribution is 0.159. The summed E-state index contributed by atoms with van der Waals surface area (Å²) in [5.41, 5.74) is 0. The van der Waals surface area contributed by atoms with Crippen molar-refractivity contribution in [1.29, 1.82) is 0 Å². The Hall–Kier alpha value is -0.480. The van der Waals surface area contributed by atoms with Gasteiger partial charge in [0.25, 0.3) is 0 Å². The van der Waals surface area contributed by atoms with E-state index in [4.69, 9.17) is 4.74 Å². The Morgan fingerprint density at radius 1 is 1.15 bits per heavy atom. The summed E-state index contributed by atoms with van der Waals surface area (Å²) in [6.45, 7) is 10.1. The van der Waals surface area contributed by atoms with Gasteiger partial charge in [-0.1, -0.05) is 39.5 Å². The topological polar surface area (TPSA) is 9.23 Å². The lowest BCUT2D eigenvalue weighted by atomic mass is 10.1. The molecule has 0 bridgehead atoms. The predicted octanol–water partition coefficient (Wildman–Crippen LogP) is 3.10. The van der Waals surface area contributed by atoms with Gasteiger partial charge in [-0.25, -0.2) is 0 Å². The molecule has 0 radical (unpaired) electrons. The van der Waals surface area contributed by atoms with Crippen molar-refractivity contribution in [2.45, 2.75) is 40.5 Å². The molecule has 0 aromatic rings. The van der Waals surface area contributed by atoms with Crippen LogP contribution in [-0.2, 0) is 4.74 Å². The molecule has 1 heteroatoms. The summed E-state index contributed by atoms with van der Waals surface area (Å²) in [7, 11) is 0. The van der Waals surface area contributed by atoms with E-state index in [2.05, 4.69) is 39.5 Å². The number of ether oxygens (including phenoxy) is 1. The molecule has 0 unspecified atom stereocenters. The fourth-order valence-electron chi connectivity index (χ4n) is 0.963. The quantitative estimate of drug-likeness (QED) is 0.469. The molecule has 0 aromatic heterocycles. The van der Waals surface area contributed by atoms with Gasteiger partial charge in [0, 0.05) is 12.5 Å². The Morgan fingerprint density at radius 3 is 2.38 bits per heavy atom. The van der Waals surface area contributed by atoms with Crippen molar-refractivity contribution >= 4 is 0 Å². The zero-order valence-electron chi connectivity index (χ0n) is 9.39. The minimum atomic E-state index is 0.458.